The summed E-state index contributed by atoms with van der Waals surface area (Å²) in [4.78, 5) is 36.9. The number of rotatable bonds is 2. The number of ketones is 1. The summed E-state index contributed by atoms with van der Waals surface area (Å²) in [6, 6.07) is 0. The van der Waals surface area contributed by atoms with E-state index in [9.17, 15) is 14.4 Å². The number of hydrogen-bond donors (Lipinski definition) is 0. The summed E-state index contributed by atoms with van der Waals surface area (Å²) in [6.45, 7) is 12.8. The summed E-state index contributed by atoms with van der Waals surface area (Å²) in [5.74, 6) is -1.41. The van der Waals surface area contributed by atoms with E-state index in [4.69, 9.17) is 14.2 Å². The Labute approximate surface area is 152 Å². The molecule has 6 heteroatoms. The van der Waals surface area contributed by atoms with Crippen LogP contribution in [0.25, 0.3) is 0 Å². The average molecular weight is 358 g/mol. The van der Waals surface area contributed by atoms with Crippen molar-refractivity contribution in [3.05, 3.63) is 47.8 Å². The minimum absolute atomic E-state index is 0.0959. The second kappa shape index (κ2) is 6.27. The van der Waals surface area contributed by atoms with Gasteiger partial charge in [0.2, 0.25) is 5.78 Å². The van der Waals surface area contributed by atoms with Crippen LogP contribution in [0.15, 0.2) is 47.8 Å². The van der Waals surface area contributed by atoms with E-state index in [1.54, 1.807) is 26.8 Å². The molecule has 3 aliphatic rings. The van der Waals surface area contributed by atoms with E-state index >= 15 is 0 Å². The highest BCUT2D eigenvalue weighted by atomic mass is 16.6. The van der Waals surface area contributed by atoms with Crippen LogP contribution < -0.4 is 0 Å². The molecule has 0 amide bonds. The van der Waals surface area contributed by atoms with Crippen LogP contribution in [-0.2, 0) is 28.6 Å². The summed E-state index contributed by atoms with van der Waals surface area (Å²) in [7, 11) is 0. The van der Waals surface area contributed by atoms with Gasteiger partial charge in [0, 0.05) is 30.1 Å². The van der Waals surface area contributed by atoms with Crippen LogP contribution in [0, 0.1) is 5.92 Å². The van der Waals surface area contributed by atoms with Gasteiger partial charge in [-0.25, -0.2) is 9.59 Å². The Hall–Kier alpha value is -2.63. The average Bonchev–Trinajstić information content (AvgIpc) is 3.03. The molecule has 2 fully saturated rings. The molecule has 0 N–H and O–H groups in total. The van der Waals surface area contributed by atoms with Gasteiger partial charge >= 0.3 is 11.9 Å². The maximum Gasteiger partial charge on any atom is 0.334 e. The van der Waals surface area contributed by atoms with Gasteiger partial charge in [0.05, 0.1) is 5.92 Å². The van der Waals surface area contributed by atoms with Crippen molar-refractivity contribution in [1.29, 1.82) is 0 Å². The molecule has 0 aliphatic carbocycles. The molecule has 0 radical (unpaired) electrons. The molecule has 2 saturated heterocycles. The summed E-state index contributed by atoms with van der Waals surface area (Å²) in [5.41, 5.74) is 0.0514. The van der Waals surface area contributed by atoms with Gasteiger partial charge < -0.3 is 14.2 Å². The first kappa shape index (κ1) is 18.2. The van der Waals surface area contributed by atoms with Crippen molar-refractivity contribution in [3.63, 3.8) is 0 Å². The Bertz CT molecular complexity index is 786. The third-order valence-electron chi connectivity index (χ3n) is 5.24. The van der Waals surface area contributed by atoms with Crippen molar-refractivity contribution >= 4 is 17.7 Å². The molecule has 3 rings (SSSR count). The summed E-state index contributed by atoms with van der Waals surface area (Å²) in [6.07, 6.45) is 2.08. The first-order chi connectivity index (χ1) is 12.2. The molecule has 0 saturated carbocycles. The van der Waals surface area contributed by atoms with Crippen LogP contribution in [0.2, 0.25) is 0 Å². The molecule has 26 heavy (non-hydrogen) atoms. The summed E-state index contributed by atoms with van der Waals surface area (Å²) in [5, 5.41) is 0. The van der Waals surface area contributed by atoms with E-state index in [1.165, 1.54) is 6.08 Å². The van der Waals surface area contributed by atoms with Crippen LogP contribution in [0.1, 0.15) is 33.6 Å². The van der Waals surface area contributed by atoms with Crippen LogP contribution in [0.4, 0.5) is 0 Å². The highest BCUT2D eigenvalue weighted by Crippen LogP contribution is 2.44. The highest BCUT2D eigenvalue weighted by Gasteiger charge is 2.52. The topological polar surface area (TPSA) is 78.9 Å². The Morgan fingerprint density at radius 2 is 2.08 bits per heavy atom. The Morgan fingerprint density at radius 3 is 2.73 bits per heavy atom. The SMILES string of the molecule is C=C1C[C@@H]2OC(=O)C(=C)[C@@H]2[C@@H](OC(=O)/C(C)=C/C)C[C@@]2(C)OC1=CC2=O. The van der Waals surface area contributed by atoms with Gasteiger partial charge in [-0.1, -0.05) is 19.2 Å². The standard InChI is InChI=1S/C20H22O6/c1-6-10(2)18(22)25-15-9-20(5)16(21)8-13(26-20)11(3)7-14-17(15)12(4)19(23)24-14/h6,8,14-15,17H,3-4,7,9H2,1-2,5H3/b10-6+/t14-,15-,17-,20+/m0/s1. The zero-order valence-electron chi connectivity index (χ0n) is 15.2. The maximum absolute atomic E-state index is 12.5. The van der Waals surface area contributed by atoms with Crippen molar-refractivity contribution in [2.75, 3.05) is 0 Å². The number of allylic oxidation sites excluding steroid dienone is 2. The Morgan fingerprint density at radius 1 is 1.38 bits per heavy atom. The number of fused-ring (bicyclic) bond motifs is 3. The predicted molar refractivity (Wildman–Crippen MR) is 92.8 cm³/mol. The van der Waals surface area contributed by atoms with Gasteiger partial charge in [0.25, 0.3) is 0 Å². The monoisotopic (exact) mass is 358 g/mol. The molecule has 0 aromatic heterocycles. The van der Waals surface area contributed by atoms with Gasteiger partial charge in [-0.2, -0.15) is 0 Å². The summed E-state index contributed by atoms with van der Waals surface area (Å²) >= 11 is 0. The van der Waals surface area contributed by atoms with E-state index in [0.29, 0.717) is 16.9 Å². The molecule has 2 bridgehead atoms. The van der Waals surface area contributed by atoms with Gasteiger partial charge in [-0.15, -0.1) is 0 Å². The second-order valence-electron chi connectivity index (χ2n) is 7.13. The van der Waals surface area contributed by atoms with E-state index in [0.717, 1.165) is 0 Å². The molecule has 0 aromatic rings. The first-order valence-electron chi connectivity index (χ1n) is 8.53. The Kier molecular flexibility index (Phi) is 4.38. The number of ether oxygens (including phenoxy) is 3. The number of carbonyl (C=O) groups excluding carboxylic acids is 3. The molecule has 0 aromatic carbocycles. The van der Waals surface area contributed by atoms with Gasteiger partial charge in [-0.3, -0.25) is 4.79 Å². The molecule has 4 atom stereocenters. The normalized spacial score (nSPS) is 34.2. The van der Waals surface area contributed by atoms with E-state index < -0.39 is 35.7 Å². The largest absolute Gasteiger partial charge is 0.479 e. The lowest BCUT2D eigenvalue weighted by molar-refractivity contribution is -0.153. The molecular formula is C20H22O6. The number of hydrogen-bond acceptors (Lipinski definition) is 6. The van der Waals surface area contributed by atoms with E-state index in [-0.39, 0.29) is 24.2 Å². The van der Waals surface area contributed by atoms with Crippen LogP contribution >= 0.6 is 0 Å². The molecule has 0 spiro atoms. The first-order valence-corrected chi connectivity index (χ1v) is 8.53. The van der Waals surface area contributed by atoms with Crippen molar-refractivity contribution in [3.8, 4) is 0 Å². The Balaban J connectivity index is 2.02. The third-order valence-corrected chi connectivity index (χ3v) is 5.24. The molecule has 3 aliphatic heterocycles. The van der Waals surface area contributed by atoms with Crippen molar-refractivity contribution in [2.45, 2.75) is 51.4 Å². The predicted octanol–water partition coefficient (Wildman–Crippen LogP) is 2.55. The third kappa shape index (κ3) is 2.89. The van der Waals surface area contributed by atoms with Crippen molar-refractivity contribution in [2.24, 2.45) is 5.92 Å². The van der Waals surface area contributed by atoms with Gasteiger partial charge in [0.1, 0.15) is 18.0 Å². The number of carbonyl (C=O) groups is 3. The highest BCUT2D eigenvalue weighted by molar-refractivity contribution is 6.00. The minimum atomic E-state index is -1.19. The van der Waals surface area contributed by atoms with Gasteiger partial charge in [-0.05, 0) is 26.3 Å². The fourth-order valence-corrected chi connectivity index (χ4v) is 3.51. The van der Waals surface area contributed by atoms with Crippen LogP contribution in [0.5, 0.6) is 0 Å². The molecule has 6 nitrogen and oxygen atoms in total. The second-order valence-corrected chi connectivity index (χ2v) is 7.13. The molecular weight excluding hydrogens is 336 g/mol. The van der Waals surface area contributed by atoms with Crippen LogP contribution in [0.3, 0.4) is 0 Å². The van der Waals surface area contributed by atoms with E-state index in [2.05, 4.69) is 13.2 Å². The fourth-order valence-electron chi connectivity index (χ4n) is 3.51. The lowest BCUT2D eigenvalue weighted by atomic mass is 9.81. The quantitative estimate of drug-likeness (QED) is 0.558. The number of esters is 2. The zero-order valence-corrected chi connectivity index (χ0v) is 15.2. The smallest absolute Gasteiger partial charge is 0.334 e. The lowest BCUT2D eigenvalue weighted by Gasteiger charge is -2.31. The molecule has 138 valence electrons. The van der Waals surface area contributed by atoms with E-state index in [1.807, 2.05) is 0 Å². The van der Waals surface area contributed by atoms with Crippen LogP contribution in [-0.4, -0.2) is 35.5 Å². The minimum Gasteiger partial charge on any atom is -0.479 e. The molecule has 3 heterocycles. The lowest BCUT2D eigenvalue weighted by Crippen LogP contribution is -2.43. The summed E-state index contributed by atoms with van der Waals surface area (Å²) < 4.78 is 17.0. The van der Waals surface area contributed by atoms with Crippen molar-refractivity contribution < 1.29 is 28.6 Å². The fraction of sp³-hybridized carbons (Fsp3) is 0.450. The van der Waals surface area contributed by atoms with Crippen molar-refractivity contribution in [1.82, 2.24) is 0 Å². The zero-order chi connectivity index (χ0) is 19.2. The maximum atomic E-state index is 12.5. The van der Waals surface area contributed by atoms with Gasteiger partial charge in [0.15, 0.2) is 5.60 Å². The molecule has 0 unspecified atom stereocenters.